The highest BCUT2D eigenvalue weighted by Crippen LogP contribution is 2.26. The number of nitrogens with zero attached hydrogens (tertiary/aromatic N) is 5. The van der Waals surface area contributed by atoms with Crippen LogP contribution in [0.15, 0.2) is 48.7 Å². The van der Waals surface area contributed by atoms with Gasteiger partial charge in [-0.2, -0.15) is 0 Å². The SMILES string of the molecule is Cc1ccc(-n2nc(C(=O)N(CC(=O)O)C3CCCC3)nc2-c2ccccc2)cn1. The van der Waals surface area contributed by atoms with Gasteiger partial charge in [-0.3, -0.25) is 14.6 Å². The van der Waals surface area contributed by atoms with Gasteiger partial charge in [0.2, 0.25) is 5.82 Å². The van der Waals surface area contributed by atoms with Gasteiger partial charge < -0.3 is 10.0 Å². The lowest BCUT2D eigenvalue weighted by molar-refractivity contribution is -0.138. The first kappa shape index (κ1) is 19.8. The average molecular weight is 405 g/mol. The number of carbonyl (C=O) groups excluding carboxylic acids is 1. The summed E-state index contributed by atoms with van der Waals surface area (Å²) in [6, 6.07) is 13.1. The standard InChI is InChI=1S/C22H23N5O3/c1-15-11-12-18(13-23-15)27-21(16-7-3-2-4-8-16)24-20(25-27)22(30)26(14-19(28)29)17-9-5-6-10-17/h2-4,7-8,11-13,17H,5-6,9-10,14H2,1H3,(H,28,29). The molecule has 1 amide bonds. The predicted molar refractivity (Wildman–Crippen MR) is 110 cm³/mol. The van der Waals surface area contributed by atoms with Gasteiger partial charge in [0.15, 0.2) is 5.82 Å². The minimum atomic E-state index is -1.04. The van der Waals surface area contributed by atoms with Crippen LogP contribution in [0.25, 0.3) is 17.1 Å². The van der Waals surface area contributed by atoms with E-state index in [1.165, 1.54) is 4.90 Å². The van der Waals surface area contributed by atoms with Gasteiger partial charge in [0.25, 0.3) is 5.91 Å². The van der Waals surface area contributed by atoms with Crippen LogP contribution in [0.1, 0.15) is 42.0 Å². The fourth-order valence-electron chi connectivity index (χ4n) is 3.80. The number of rotatable bonds is 6. The molecule has 0 atom stereocenters. The maximum absolute atomic E-state index is 13.3. The number of pyridine rings is 1. The second kappa shape index (κ2) is 8.44. The summed E-state index contributed by atoms with van der Waals surface area (Å²) in [6.07, 6.45) is 5.25. The third-order valence-corrected chi connectivity index (χ3v) is 5.30. The number of hydrogen-bond acceptors (Lipinski definition) is 5. The maximum atomic E-state index is 13.3. The molecule has 0 spiro atoms. The second-order valence-electron chi connectivity index (χ2n) is 7.46. The molecule has 1 fully saturated rings. The van der Waals surface area contributed by atoms with Crippen molar-refractivity contribution in [3.63, 3.8) is 0 Å². The molecule has 1 N–H and O–H groups in total. The molecule has 8 heteroatoms. The number of aliphatic carboxylic acids is 1. The van der Waals surface area contributed by atoms with E-state index in [9.17, 15) is 14.7 Å². The summed E-state index contributed by atoms with van der Waals surface area (Å²) in [6.45, 7) is 1.54. The van der Waals surface area contributed by atoms with E-state index in [2.05, 4.69) is 15.1 Å². The third-order valence-electron chi connectivity index (χ3n) is 5.30. The number of hydrogen-bond donors (Lipinski definition) is 1. The zero-order valence-corrected chi connectivity index (χ0v) is 16.7. The zero-order valence-electron chi connectivity index (χ0n) is 16.7. The smallest absolute Gasteiger partial charge is 0.323 e. The molecule has 0 bridgehead atoms. The van der Waals surface area contributed by atoms with Gasteiger partial charge in [-0.15, -0.1) is 5.10 Å². The van der Waals surface area contributed by atoms with E-state index >= 15 is 0 Å². The molecule has 0 saturated heterocycles. The molecule has 154 valence electrons. The molecule has 8 nitrogen and oxygen atoms in total. The van der Waals surface area contributed by atoms with Crippen molar-refractivity contribution < 1.29 is 14.7 Å². The van der Waals surface area contributed by atoms with Crippen molar-refractivity contribution in [3.05, 3.63) is 60.2 Å². The van der Waals surface area contributed by atoms with Crippen molar-refractivity contribution in [3.8, 4) is 17.1 Å². The monoisotopic (exact) mass is 405 g/mol. The van der Waals surface area contributed by atoms with E-state index in [0.29, 0.717) is 11.5 Å². The van der Waals surface area contributed by atoms with Gasteiger partial charge in [0.05, 0.1) is 11.9 Å². The number of carbonyl (C=O) groups is 2. The summed E-state index contributed by atoms with van der Waals surface area (Å²) in [5.74, 6) is -1.00. The van der Waals surface area contributed by atoms with Crippen LogP contribution in [-0.4, -0.2) is 54.2 Å². The average Bonchev–Trinajstić information content (AvgIpc) is 3.43. The Morgan fingerprint density at radius 3 is 2.50 bits per heavy atom. The molecule has 30 heavy (non-hydrogen) atoms. The third kappa shape index (κ3) is 4.07. The molecule has 1 aliphatic carbocycles. The fraction of sp³-hybridized carbons (Fsp3) is 0.318. The molecular weight excluding hydrogens is 382 g/mol. The fourth-order valence-corrected chi connectivity index (χ4v) is 3.80. The van der Waals surface area contributed by atoms with Crippen LogP contribution < -0.4 is 0 Å². The van der Waals surface area contributed by atoms with E-state index in [4.69, 9.17) is 0 Å². The number of aromatic nitrogens is 4. The lowest BCUT2D eigenvalue weighted by atomic mass is 10.2. The zero-order chi connectivity index (χ0) is 21.1. The van der Waals surface area contributed by atoms with Crippen LogP contribution in [0.3, 0.4) is 0 Å². The largest absolute Gasteiger partial charge is 0.480 e. The van der Waals surface area contributed by atoms with E-state index in [-0.39, 0.29) is 18.4 Å². The van der Waals surface area contributed by atoms with E-state index in [1.807, 2.05) is 49.4 Å². The van der Waals surface area contributed by atoms with Crippen LogP contribution in [0, 0.1) is 6.92 Å². The molecule has 3 aromatic rings. The van der Waals surface area contributed by atoms with Crippen LogP contribution in [0.4, 0.5) is 0 Å². The number of amides is 1. The number of aryl methyl sites for hydroxylation is 1. The Morgan fingerprint density at radius 2 is 1.87 bits per heavy atom. The van der Waals surface area contributed by atoms with Gasteiger partial charge in [0.1, 0.15) is 6.54 Å². The topological polar surface area (TPSA) is 101 Å². The Labute approximate surface area is 174 Å². The molecule has 4 rings (SSSR count). The van der Waals surface area contributed by atoms with Crippen LogP contribution in [0.2, 0.25) is 0 Å². The van der Waals surface area contributed by atoms with Gasteiger partial charge in [-0.25, -0.2) is 9.67 Å². The minimum absolute atomic E-state index is 0.0115. The summed E-state index contributed by atoms with van der Waals surface area (Å²) >= 11 is 0. The highest BCUT2D eigenvalue weighted by molar-refractivity contribution is 5.93. The van der Waals surface area contributed by atoms with Crippen LogP contribution in [-0.2, 0) is 4.79 Å². The minimum Gasteiger partial charge on any atom is -0.480 e. The van der Waals surface area contributed by atoms with E-state index < -0.39 is 11.9 Å². The van der Waals surface area contributed by atoms with E-state index in [1.54, 1.807) is 10.9 Å². The molecule has 0 aliphatic heterocycles. The molecule has 0 unspecified atom stereocenters. The normalized spacial score (nSPS) is 14.0. The Balaban J connectivity index is 1.77. The lowest BCUT2D eigenvalue weighted by Gasteiger charge is -2.26. The van der Waals surface area contributed by atoms with Crippen molar-refractivity contribution in [1.29, 1.82) is 0 Å². The first-order valence-corrected chi connectivity index (χ1v) is 10.0. The Bertz CT molecular complexity index is 1040. The van der Waals surface area contributed by atoms with Crippen molar-refractivity contribution >= 4 is 11.9 Å². The maximum Gasteiger partial charge on any atom is 0.323 e. The molecule has 2 aromatic heterocycles. The number of carboxylic acid groups (broad SMARTS) is 1. The van der Waals surface area contributed by atoms with Gasteiger partial charge in [-0.05, 0) is 31.9 Å². The quantitative estimate of drug-likeness (QED) is 0.676. The Kier molecular flexibility index (Phi) is 5.56. The highest BCUT2D eigenvalue weighted by atomic mass is 16.4. The van der Waals surface area contributed by atoms with Crippen molar-refractivity contribution in [1.82, 2.24) is 24.6 Å². The first-order chi connectivity index (χ1) is 14.5. The summed E-state index contributed by atoms with van der Waals surface area (Å²) < 4.78 is 1.59. The molecule has 1 aliphatic rings. The lowest BCUT2D eigenvalue weighted by Crippen LogP contribution is -2.42. The van der Waals surface area contributed by atoms with E-state index in [0.717, 1.165) is 36.9 Å². The molecular formula is C22H23N5O3. The predicted octanol–water partition coefficient (Wildman–Crippen LogP) is 3.11. The van der Waals surface area contributed by atoms with Gasteiger partial charge >= 0.3 is 5.97 Å². The van der Waals surface area contributed by atoms with Crippen molar-refractivity contribution in [2.45, 2.75) is 38.6 Å². The van der Waals surface area contributed by atoms with Crippen molar-refractivity contribution in [2.75, 3.05) is 6.54 Å². The Morgan fingerprint density at radius 1 is 1.13 bits per heavy atom. The molecule has 2 heterocycles. The van der Waals surface area contributed by atoms with Gasteiger partial charge in [0, 0.05) is 17.3 Å². The highest BCUT2D eigenvalue weighted by Gasteiger charge is 2.32. The summed E-state index contributed by atoms with van der Waals surface area (Å²) in [4.78, 5) is 34.9. The summed E-state index contributed by atoms with van der Waals surface area (Å²) in [5, 5.41) is 13.8. The van der Waals surface area contributed by atoms with Gasteiger partial charge in [-0.1, -0.05) is 43.2 Å². The first-order valence-electron chi connectivity index (χ1n) is 10.0. The molecule has 0 radical (unpaired) electrons. The van der Waals surface area contributed by atoms with Crippen LogP contribution in [0.5, 0.6) is 0 Å². The molecule has 1 saturated carbocycles. The Hall–Kier alpha value is -3.55. The molecule has 1 aromatic carbocycles. The van der Waals surface area contributed by atoms with Crippen molar-refractivity contribution in [2.24, 2.45) is 0 Å². The summed E-state index contributed by atoms with van der Waals surface area (Å²) in [5.41, 5.74) is 2.34. The summed E-state index contributed by atoms with van der Waals surface area (Å²) in [7, 11) is 0. The number of benzene rings is 1. The number of carboxylic acids is 1. The van der Waals surface area contributed by atoms with Crippen LogP contribution >= 0.6 is 0 Å². The second-order valence-corrected chi connectivity index (χ2v) is 7.46.